The fourth-order valence-electron chi connectivity index (χ4n) is 0.902. The van der Waals surface area contributed by atoms with Crippen LogP contribution in [0.1, 0.15) is 19.8 Å². The first-order valence-corrected chi connectivity index (χ1v) is 4.64. The predicted octanol–water partition coefficient (Wildman–Crippen LogP) is 2.09. The highest BCUT2D eigenvalue weighted by molar-refractivity contribution is 5.65. The molecule has 0 aliphatic carbocycles. The van der Waals surface area contributed by atoms with E-state index in [1.54, 1.807) is 0 Å². The summed E-state index contributed by atoms with van der Waals surface area (Å²) in [4.78, 5) is 9.59. The Morgan fingerprint density at radius 1 is 1.79 bits per heavy atom. The van der Waals surface area contributed by atoms with Crippen molar-refractivity contribution >= 4 is 5.97 Å². The summed E-state index contributed by atoms with van der Waals surface area (Å²) in [6.45, 7) is 5.87. The molecule has 0 N–H and O–H groups in total. The minimum Gasteiger partial charge on any atom is -0.469 e. The van der Waals surface area contributed by atoms with Gasteiger partial charge in [0, 0.05) is 6.92 Å². The van der Waals surface area contributed by atoms with Gasteiger partial charge >= 0.3 is 5.97 Å². The maximum atomic E-state index is 9.59. The molecule has 80 valence electrons. The van der Waals surface area contributed by atoms with Crippen LogP contribution in [0.3, 0.4) is 0 Å². The summed E-state index contributed by atoms with van der Waals surface area (Å²) >= 11 is 0. The molecule has 0 aromatic rings. The van der Waals surface area contributed by atoms with Crippen molar-refractivity contribution in [3.05, 3.63) is 24.8 Å². The maximum absolute atomic E-state index is 9.59. The third kappa shape index (κ3) is 7.55. The van der Waals surface area contributed by atoms with Crippen LogP contribution < -0.4 is 0 Å². The smallest absolute Gasteiger partial charge is 0.302 e. The van der Waals surface area contributed by atoms with Crippen molar-refractivity contribution in [2.75, 3.05) is 13.7 Å². The quantitative estimate of drug-likeness (QED) is 0.503. The topological polar surface area (TPSA) is 35.5 Å². The van der Waals surface area contributed by atoms with E-state index in [0.717, 1.165) is 19.4 Å². The van der Waals surface area contributed by atoms with E-state index < -0.39 is 0 Å². The fourth-order valence-corrected chi connectivity index (χ4v) is 0.902. The molecule has 14 heavy (non-hydrogen) atoms. The molecule has 0 spiro atoms. The fraction of sp³-hybridized carbons (Fsp3) is 0.545. The highest BCUT2D eigenvalue weighted by Crippen LogP contribution is 2.07. The van der Waals surface area contributed by atoms with E-state index in [1.807, 2.05) is 6.08 Å². The molecule has 1 unspecified atom stereocenters. The molecule has 1 aliphatic heterocycles. The number of esters is 1. The summed E-state index contributed by atoms with van der Waals surface area (Å²) in [5.74, 6) is -0.245. The number of carbonyl (C=O) groups is 1. The summed E-state index contributed by atoms with van der Waals surface area (Å²) in [5.41, 5.74) is 0. The highest BCUT2D eigenvalue weighted by Gasteiger charge is 2.04. The van der Waals surface area contributed by atoms with Gasteiger partial charge in [0.1, 0.15) is 0 Å². The van der Waals surface area contributed by atoms with E-state index in [1.165, 1.54) is 14.0 Å². The molecule has 0 amide bonds. The van der Waals surface area contributed by atoms with Gasteiger partial charge in [0.2, 0.25) is 0 Å². The Morgan fingerprint density at radius 2 is 2.43 bits per heavy atom. The predicted molar refractivity (Wildman–Crippen MR) is 56.0 cm³/mol. The number of carbonyl (C=O) groups excluding carboxylic acids is 1. The van der Waals surface area contributed by atoms with E-state index in [0.29, 0.717) is 6.10 Å². The Hall–Kier alpha value is -1.09. The Morgan fingerprint density at radius 3 is 2.79 bits per heavy atom. The summed E-state index contributed by atoms with van der Waals surface area (Å²) in [7, 11) is 1.35. The van der Waals surface area contributed by atoms with Crippen LogP contribution in [-0.2, 0) is 14.3 Å². The molecule has 3 heteroatoms. The van der Waals surface area contributed by atoms with Crippen molar-refractivity contribution in [3.63, 3.8) is 0 Å². The molecule has 0 saturated heterocycles. The second-order valence-electron chi connectivity index (χ2n) is 2.85. The van der Waals surface area contributed by atoms with Gasteiger partial charge in [-0.2, -0.15) is 0 Å². The van der Waals surface area contributed by atoms with Crippen LogP contribution in [0.4, 0.5) is 0 Å². The number of methoxy groups -OCH3 is 1. The molecular weight excluding hydrogens is 180 g/mol. The first kappa shape index (κ1) is 12.9. The van der Waals surface area contributed by atoms with Crippen LogP contribution in [0.15, 0.2) is 24.8 Å². The van der Waals surface area contributed by atoms with Gasteiger partial charge in [-0.25, -0.2) is 0 Å². The molecule has 0 radical (unpaired) electrons. The van der Waals surface area contributed by atoms with Gasteiger partial charge in [-0.1, -0.05) is 18.2 Å². The number of hydrogen-bond acceptors (Lipinski definition) is 3. The summed E-state index contributed by atoms with van der Waals surface area (Å²) in [5, 5.41) is 0. The lowest BCUT2D eigenvalue weighted by molar-refractivity contribution is -0.137. The van der Waals surface area contributed by atoms with Crippen LogP contribution in [-0.4, -0.2) is 25.8 Å². The first-order chi connectivity index (χ1) is 6.70. The molecule has 3 nitrogen and oxygen atoms in total. The second-order valence-corrected chi connectivity index (χ2v) is 2.85. The molecule has 1 rings (SSSR count). The SMILES string of the molecule is C=CCC1C=CCCO1.COC(C)=O. The lowest BCUT2D eigenvalue weighted by atomic mass is 10.2. The Kier molecular flexibility index (Phi) is 7.84. The molecular formula is C11H18O3. The van der Waals surface area contributed by atoms with E-state index in [4.69, 9.17) is 4.74 Å². The van der Waals surface area contributed by atoms with E-state index in [9.17, 15) is 4.79 Å². The Labute approximate surface area is 85.4 Å². The molecule has 0 aromatic carbocycles. The van der Waals surface area contributed by atoms with Crippen molar-refractivity contribution in [3.8, 4) is 0 Å². The van der Waals surface area contributed by atoms with E-state index in [-0.39, 0.29) is 5.97 Å². The largest absolute Gasteiger partial charge is 0.469 e. The third-order valence-electron chi connectivity index (χ3n) is 1.65. The van der Waals surface area contributed by atoms with Gasteiger partial charge < -0.3 is 9.47 Å². The second kappa shape index (κ2) is 8.51. The molecule has 1 heterocycles. The van der Waals surface area contributed by atoms with Crippen molar-refractivity contribution in [1.29, 1.82) is 0 Å². The average Bonchev–Trinajstić information content (AvgIpc) is 2.21. The average molecular weight is 198 g/mol. The van der Waals surface area contributed by atoms with E-state index in [2.05, 4.69) is 23.5 Å². The minimum atomic E-state index is -0.245. The third-order valence-corrected chi connectivity index (χ3v) is 1.65. The maximum Gasteiger partial charge on any atom is 0.302 e. The molecule has 1 atom stereocenters. The van der Waals surface area contributed by atoms with Crippen molar-refractivity contribution < 1.29 is 14.3 Å². The number of rotatable bonds is 2. The van der Waals surface area contributed by atoms with Gasteiger partial charge in [-0.05, 0) is 12.8 Å². The minimum absolute atomic E-state index is 0.245. The standard InChI is InChI=1S/C8H12O.C3H6O2/c1-2-5-8-6-3-4-7-9-8;1-3(4)5-2/h2-3,6,8H,1,4-5,7H2;1-2H3. The normalized spacial score (nSPS) is 19.1. The summed E-state index contributed by atoms with van der Waals surface area (Å²) < 4.78 is 9.47. The van der Waals surface area contributed by atoms with Crippen molar-refractivity contribution in [1.82, 2.24) is 0 Å². The highest BCUT2D eigenvalue weighted by atomic mass is 16.5. The van der Waals surface area contributed by atoms with Crippen LogP contribution in [0.2, 0.25) is 0 Å². The van der Waals surface area contributed by atoms with Gasteiger partial charge in [-0.15, -0.1) is 6.58 Å². The van der Waals surface area contributed by atoms with Crippen LogP contribution in [0.25, 0.3) is 0 Å². The zero-order valence-corrected chi connectivity index (χ0v) is 8.86. The lowest BCUT2D eigenvalue weighted by Gasteiger charge is -2.14. The van der Waals surface area contributed by atoms with Gasteiger partial charge in [-0.3, -0.25) is 4.79 Å². The van der Waals surface area contributed by atoms with Gasteiger partial charge in [0.05, 0.1) is 19.8 Å². The van der Waals surface area contributed by atoms with E-state index >= 15 is 0 Å². The molecule has 0 saturated carbocycles. The lowest BCUT2D eigenvalue weighted by Crippen LogP contribution is -2.12. The zero-order valence-electron chi connectivity index (χ0n) is 8.86. The summed E-state index contributed by atoms with van der Waals surface area (Å²) in [6, 6.07) is 0. The van der Waals surface area contributed by atoms with Crippen LogP contribution in [0.5, 0.6) is 0 Å². The first-order valence-electron chi connectivity index (χ1n) is 4.64. The van der Waals surface area contributed by atoms with Crippen molar-refractivity contribution in [2.45, 2.75) is 25.9 Å². The summed E-state index contributed by atoms with van der Waals surface area (Å²) in [6.07, 6.45) is 8.46. The number of hydrogen-bond donors (Lipinski definition) is 0. The Bertz CT molecular complexity index is 197. The molecule has 0 aromatic heterocycles. The number of ether oxygens (including phenoxy) is 2. The van der Waals surface area contributed by atoms with Crippen LogP contribution >= 0.6 is 0 Å². The van der Waals surface area contributed by atoms with Gasteiger partial charge in [0.15, 0.2) is 0 Å². The van der Waals surface area contributed by atoms with Crippen molar-refractivity contribution in [2.24, 2.45) is 0 Å². The van der Waals surface area contributed by atoms with Gasteiger partial charge in [0.25, 0.3) is 0 Å². The zero-order chi connectivity index (χ0) is 10.8. The molecule has 0 fully saturated rings. The van der Waals surface area contributed by atoms with Crippen LogP contribution in [0, 0.1) is 0 Å². The molecule has 1 aliphatic rings. The Balaban J connectivity index is 0.000000292. The molecule has 0 bridgehead atoms. The monoisotopic (exact) mass is 198 g/mol.